The molecule has 2 atom stereocenters. The number of likely N-dealkylation sites (tertiary alicyclic amines) is 2. The van der Waals surface area contributed by atoms with Gasteiger partial charge in [0.1, 0.15) is 6.04 Å². The molecule has 2 saturated heterocycles. The van der Waals surface area contributed by atoms with E-state index in [1.54, 1.807) is 0 Å². The summed E-state index contributed by atoms with van der Waals surface area (Å²) in [7, 11) is 2.21. The third-order valence-electron chi connectivity index (χ3n) is 8.47. The Labute approximate surface area is 247 Å². The average Bonchev–Trinajstić information content (AvgIpc) is 3.52. The lowest BCUT2D eigenvalue weighted by Gasteiger charge is -2.30. The van der Waals surface area contributed by atoms with Crippen molar-refractivity contribution >= 4 is 11.8 Å². The molecule has 2 fully saturated rings. The largest absolute Gasteiger partial charge is 0.344 e. The van der Waals surface area contributed by atoms with Crippen molar-refractivity contribution in [2.24, 2.45) is 5.92 Å². The highest BCUT2D eigenvalue weighted by atomic mass is 16.2. The maximum absolute atomic E-state index is 13.1. The van der Waals surface area contributed by atoms with Crippen LogP contribution in [0.1, 0.15) is 68.7 Å². The van der Waals surface area contributed by atoms with Crippen LogP contribution in [0.4, 0.5) is 0 Å². The van der Waals surface area contributed by atoms with Crippen molar-refractivity contribution in [3.05, 3.63) is 71.3 Å². The Hall–Kier alpha value is -2.74. The molecular formula is C34H51N5O2. The van der Waals surface area contributed by atoms with E-state index in [1.165, 1.54) is 43.6 Å². The molecule has 1 unspecified atom stereocenters. The third-order valence-corrected chi connectivity index (χ3v) is 8.47. The maximum atomic E-state index is 13.1. The van der Waals surface area contributed by atoms with Crippen molar-refractivity contribution in [1.29, 1.82) is 0 Å². The van der Waals surface area contributed by atoms with Gasteiger partial charge in [-0.2, -0.15) is 0 Å². The predicted molar refractivity (Wildman–Crippen MR) is 167 cm³/mol. The van der Waals surface area contributed by atoms with Crippen molar-refractivity contribution in [1.82, 2.24) is 25.8 Å². The molecule has 5 rings (SSSR count). The van der Waals surface area contributed by atoms with E-state index in [9.17, 15) is 9.59 Å². The maximum Gasteiger partial charge on any atom is 0.245 e. The second-order valence-corrected chi connectivity index (χ2v) is 12.4. The van der Waals surface area contributed by atoms with Gasteiger partial charge in [-0.15, -0.1) is 0 Å². The van der Waals surface area contributed by atoms with Crippen LogP contribution in [0.5, 0.6) is 0 Å². The van der Waals surface area contributed by atoms with E-state index in [0.717, 1.165) is 56.4 Å². The molecule has 3 aliphatic heterocycles. The molecule has 7 heteroatoms. The standard InChI is InChI=1S/C24H29N3O2.C10H22N2/c28-23(17-21-20-11-5-4-10-19(20)12-13-25-21)26-22(16-18-8-2-1-3-9-18)24(29)27-14-6-7-15-27;1-9(2)8-11-10-4-6-12(3)7-5-10/h1-5,8-11,21-22,25H,6-7,12-17H2,(H,26,28);9-11H,4-8H2,1-3H3/t21?,22-;/m1./s1. The van der Waals surface area contributed by atoms with E-state index in [1.807, 2.05) is 47.4 Å². The summed E-state index contributed by atoms with van der Waals surface area (Å²) in [6.45, 7) is 10.7. The van der Waals surface area contributed by atoms with Gasteiger partial charge in [0.2, 0.25) is 11.8 Å². The second kappa shape index (κ2) is 16.0. The average molecular weight is 562 g/mol. The molecular weight excluding hydrogens is 510 g/mol. The minimum absolute atomic E-state index is 0.000728. The van der Waals surface area contributed by atoms with Gasteiger partial charge in [-0.3, -0.25) is 9.59 Å². The minimum atomic E-state index is -0.512. The Kier molecular flexibility index (Phi) is 12.2. The van der Waals surface area contributed by atoms with Crippen LogP contribution in [0.15, 0.2) is 54.6 Å². The molecule has 224 valence electrons. The van der Waals surface area contributed by atoms with Gasteiger partial charge in [-0.1, -0.05) is 68.4 Å². The number of rotatable bonds is 9. The lowest BCUT2D eigenvalue weighted by Crippen LogP contribution is -2.49. The fourth-order valence-electron chi connectivity index (χ4n) is 6.04. The number of fused-ring (bicyclic) bond motifs is 1. The van der Waals surface area contributed by atoms with E-state index in [-0.39, 0.29) is 17.9 Å². The molecule has 2 amide bonds. The number of piperidine rings is 1. The van der Waals surface area contributed by atoms with Gasteiger partial charge in [0, 0.05) is 38.0 Å². The summed E-state index contributed by atoms with van der Waals surface area (Å²) in [4.78, 5) is 30.3. The number of amides is 2. The molecule has 0 radical (unpaired) electrons. The quantitative estimate of drug-likeness (QED) is 0.433. The first-order valence-corrected chi connectivity index (χ1v) is 15.7. The summed E-state index contributed by atoms with van der Waals surface area (Å²) in [6, 6.07) is 18.5. The normalized spacial score (nSPS) is 20.2. The smallest absolute Gasteiger partial charge is 0.245 e. The van der Waals surface area contributed by atoms with Crippen molar-refractivity contribution in [2.45, 2.75) is 76.9 Å². The number of hydrogen-bond donors (Lipinski definition) is 3. The summed E-state index contributed by atoms with van der Waals surface area (Å²) in [6.07, 6.45) is 6.58. The third kappa shape index (κ3) is 9.94. The molecule has 0 bridgehead atoms. The Bertz CT molecular complexity index is 1080. The highest BCUT2D eigenvalue weighted by Gasteiger charge is 2.29. The van der Waals surface area contributed by atoms with Gasteiger partial charge < -0.3 is 25.8 Å². The number of benzene rings is 2. The molecule has 0 spiro atoms. The molecule has 41 heavy (non-hydrogen) atoms. The number of hydrogen-bond acceptors (Lipinski definition) is 5. The zero-order valence-electron chi connectivity index (χ0n) is 25.4. The van der Waals surface area contributed by atoms with E-state index < -0.39 is 6.04 Å². The molecule has 2 aromatic rings. The van der Waals surface area contributed by atoms with E-state index >= 15 is 0 Å². The van der Waals surface area contributed by atoms with Crippen LogP contribution >= 0.6 is 0 Å². The van der Waals surface area contributed by atoms with Crippen LogP contribution in [0.3, 0.4) is 0 Å². The SMILES string of the molecule is CC(C)CNC1CCN(C)CC1.O=C(CC1NCCc2ccccc21)N[C@H](Cc1ccccc1)C(=O)N1CCCC1. The van der Waals surface area contributed by atoms with Crippen molar-refractivity contribution in [2.75, 3.05) is 46.3 Å². The number of carbonyl (C=O) groups is 2. The van der Waals surface area contributed by atoms with E-state index in [4.69, 9.17) is 0 Å². The molecule has 0 aromatic heterocycles. The highest BCUT2D eigenvalue weighted by molar-refractivity contribution is 5.88. The molecule has 0 saturated carbocycles. The zero-order chi connectivity index (χ0) is 29.0. The lowest BCUT2D eigenvalue weighted by atomic mass is 9.92. The van der Waals surface area contributed by atoms with E-state index in [2.05, 4.69) is 53.9 Å². The van der Waals surface area contributed by atoms with Crippen molar-refractivity contribution < 1.29 is 9.59 Å². The van der Waals surface area contributed by atoms with Gasteiger partial charge in [0.25, 0.3) is 0 Å². The first-order chi connectivity index (χ1) is 19.9. The monoisotopic (exact) mass is 561 g/mol. The molecule has 3 heterocycles. The molecule has 0 aliphatic carbocycles. The lowest BCUT2D eigenvalue weighted by molar-refractivity contribution is -0.135. The predicted octanol–water partition coefficient (Wildman–Crippen LogP) is 3.94. The fourth-order valence-corrected chi connectivity index (χ4v) is 6.04. The molecule has 3 N–H and O–H groups in total. The van der Waals surface area contributed by atoms with Crippen LogP contribution in [-0.2, 0) is 22.4 Å². The van der Waals surface area contributed by atoms with Crippen LogP contribution in [0.2, 0.25) is 0 Å². The van der Waals surface area contributed by atoms with Gasteiger partial charge in [-0.05, 0) is 87.9 Å². The Morgan fingerprint density at radius 3 is 2.34 bits per heavy atom. The first kappa shape index (κ1) is 31.2. The fraction of sp³-hybridized carbons (Fsp3) is 0.588. The minimum Gasteiger partial charge on any atom is -0.344 e. The van der Waals surface area contributed by atoms with Gasteiger partial charge in [0.05, 0.1) is 0 Å². The molecule has 3 aliphatic rings. The number of nitrogens with zero attached hydrogens (tertiary/aromatic N) is 2. The summed E-state index contributed by atoms with van der Waals surface area (Å²) in [5.41, 5.74) is 3.56. The summed E-state index contributed by atoms with van der Waals surface area (Å²) >= 11 is 0. The second-order valence-electron chi connectivity index (χ2n) is 12.4. The number of carbonyl (C=O) groups excluding carboxylic acids is 2. The van der Waals surface area contributed by atoms with Crippen LogP contribution in [-0.4, -0.2) is 80.0 Å². The van der Waals surface area contributed by atoms with Gasteiger partial charge >= 0.3 is 0 Å². The highest BCUT2D eigenvalue weighted by Crippen LogP contribution is 2.25. The van der Waals surface area contributed by atoms with Gasteiger partial charge in [-0.25, -0.2) is 0 Å². The number of nitrogens with one attached hydrogen (secondary N) is 3. The van der Waals surface area contributed by atoms with Crippen LogP contribution in [0, 0.1) is 5.92 Å². The summed E-state index contributed by atoms with van der Waals surface area (Å²) < 4.78 is 0. The van der Waals surface area contributed by atoms with Gasteiger partial charge in [0.15, 0.2) is 0 Å². The van der Waals surface area contributed by atoms with Crippen LogP contribution in [0.25, 0.3) is 0 Å². The van der Waals surface area contributed by atoms with Crippen molar-refractivity contribution in [3.63, 3.8) is 0 Å². The van der Waals surface area contributed by atoms with E-state index in [0.29, 0.717) is 12.8 Å². The first-order valence-electron chi connectivity index (χ1n) is 15.7. The summed E-state index contributed by atoms with van der Waals surface area (Å²) in [5, 5.41) is 10.1. The Morgan fingerprint density at radius 1 is 0.951 bits per heavy atom. The Balaban J connectivity index is 0.000000271. The molecule has 7 nitrogen and oxygen atoms in total. The zero-order valence-corrected chi connectivity index (χ0v) is 25.4. The Morgan fingerprint density at radius 2 is 1.63 bits per heavy atom. The topological polar surface area (TPSA) is 76.7 Å². The molecule has 2 aromatic carbocycles. The van der Waals surface area contributed by atoms with Crippen LogP contribution < -0.4 is 16.0 Å². The van der Waals surface area contributed by atoms with Crippen molar-refractivity contribution in [3.8, 4) is 0 Å². The summed E-state index contributed by atoms with van der Waals surface area (Å²) in [5.74, 6) is 0.744.